The van der Waals surface area contributed by atoms with Gasteiger partial charge in [0.25, 0.3) is 5.91 Å². The quantitative estimate of drug-likeness (QED) is 0.504. The highest BCUT2D eigenvalue weighted by molar-refractivity contribution is 7.92. The van der Waals surface area contributed by atoms with E-state index in [1.54, 1.807) is 24.3 Å². The minimum atomic E-state index is -3.20. The molecule has 2 N–H and O–H groups in total. The monoisotopic (exact) mass is 429 g/mol. The molecule has 0 bridgehead atoms. The number of rotatable bonds is 6. The molecule has 2 aliphatic rings. The minimum Gasteiger partial charge on any atom is -0.467 e. The van der Waals surface area contributed by atoms with E-state index in [0.29, 0.717) is 17.5 Å². The van der Waals surface area contributed by atoms with Gasteiger partial charge < -0.3 is 15.2 Å². The first-order valence-electron chi connectivity index (χ1n) is 9.60. The van der Waals surface area contributed by atoms with Crippen LogP contribution in [0, 0.1) is 35.0 Å². The van der Waals surface area contributed by atoms with Gasteiger partial charge in [-0.1, -0.05) is 11.8 Å². The number of ether oxygens (including phenoxy) is 1. The SMILES string of the molecule is COC(=O)[C@@H](NC(=O)c1ccc(C#CC#CCCO)cc1)C1(C2CC2)CS(=O)(=O)C1. The van der Waals surface area contributed by atoms with Crippen LogP contribution in [0.2, 0.25) is 0 Å². The van der Waals surface area contributed by atoms with Gasteiger partial charge in [0.2, 0.25) is 0 Å². The summed E-state index contributed by atoms with van der Waals surface area (Å²) in [6.07, 6.45) is 2.04. The molecule has 0 aromatic heterocycles. The summed E-state index contributed by atoms with van der Waals surface area (Å²) in [5.41, 5.74) is 0.197. The van der Waals surface area contributed by atoms with Crippen LogP contribution in [-0.2, 0) is 19.4 Å². The van der Waals surface area contributed by atoms with Crippen LogP contribution >= 0.6 is 0 Å². The van der Waals surface area contributed by atoms with Gasteiger partial charge in [-0.3, -0.25) is 4.79 Å². The van der Waals surface area contributed by atoms with Crippen molar-refractivity contribution in [1.82, 2.24) is 5.32 Å². The van der Waals surface area contributed by atoms with Gasteiger partial charge in [0.05, 0.1) is 25.2 Å². The maximum atomic E-state index is 12.8. The Labute approximate surface area is 176 Å². The number of hydrogen-bond acceptors (Lipinski definition) is 6. The summed E-state index contributed by atoms with van der Waals surface area (Å²) in [4.78, 5) is 25.2. The molecule has 1 aromatic rings. The topological polar surface area (TPSA) is 110 Å². The van der Waals surface area contributed by atoms with Gasteiger partial charge in [-0.15, -0.1) is 0 Å². The third-order valence-corrected chi connectivity index (χ3v) is 7.35. The van der Waals surface area contributed by atoms with Crippen molar-refractivity contribution in [1.29, 1.82) is 0 Å². The molecule has 1 saturated heterocycles. The standard InChI is InChI=1S/C22H23NO6S/c1-29-21(26)19(22(18-11-12-18)14-30(27,28)15-22)23-20(25)17-9-7-16(8-10-17)6-4-2-3-5-13-24/h7-10,18-19,24H,5,11-15H2,1H3,(H,23,25)/t19-/m1/s1. The van der Waals surface area contributed by atoms with Gasteiger partial charge >= 0.3 is 5.97 Å². The molecule has 158 valence electrons. The zero-order chi connectivity index (χ0) is 21.8. The lowest BCUT2D eigenvalue weighted by Gasteiger charge is -2.46. The molecule has 2 fully saturated rings. The van der Waals surface area contributed by atoms with Crippen LogP contribution in [0.15, 0.2) is 24.3 Å². The van der Waals surface area contributed by atoms with Crippen molar-refractivity contribution in [3.05, 3.63) is 35.4 Å². The molecule has 1 aliphatic heterocycles. The Kier molecular flexibility index (Phi) is 6.50. The normalized spacial score (nSPS) is 19.0. The summed E-state index contributed by atoms with van der Waals surface area (Å²) < 4.78 is 28.6. The predicted octanol–water partition coefficient (Wildman–Crippen LogP) is 0.520. The van der Waals surface area contributed by atoms with E-state index in [4.69, 9.17) is 9.84 Å². The van der Waals surface area contributed by atoms with Crippen LogP contribution in [0.25, 0.3) is 0 Å². The third kappa shape index (κ3) is 4.84. The highest BCUT2D eigenvalue weighted by Gasteiger charge is 2.63. The van der Waals surface area contributed by atoms with Crippen molar-refractivity contribution in [2.45, 2.75) is 25.3 Å². The van der Waals surface area contributed by atoms with E-state index in [1.807, 2.05) is 0 Å². The predicted molar refractivity (Wildman–Crippen MR) is 110 cm³/mol. The third-order valence-electron chi connectivity index (χ3n) is 5.40. The second kappa shape index (κ2) is 8.91. The molecule has 7 nitrogen and oxygen atoms in total. The van der Waals surface area contributed by atoms with E-state index in [0.717, 1.165) is 12.8 Å². The number of benzene rings is 1. The molecule has 0 unspecified atom stereocenters. The number of sulfone groups is 1. The first-order chi connectivity index (χ1) is 14.3. The fourth-order valence-corrected chi connectivity index (χ4v) is 6.17. The molecule has 1 heterocycles. The number of esters is 1. The van der Waals surface area contributed by atoms with Crippen molar-refractivity contribution in [3.63, 3.8) is 0 Å². The smallest absolute Gasteiger partial charge is 0.329 e. The lowest BCUT2D eigenvalue weighted by atomic mass is 9.77. The number of aliphatic hydroxyl groups excluding tert-OH is 1. The van der Waals surface area contributed by atoms with Crippen LogP contribution in [0.4, 0.5) is 0 Å². The van der Waals surface area contributed by atoms with Gasteiger partial charge in [-0.25, -0.2) is 13.2 Å². The van der Waals surface area contributed by atoms with Crippen LogP contribution in [-0.4, -0.2) is 56.7 Å². The van der Waals surface area contributed by atoms with E-state index in [1.165, 1.54) is 7.11 Å². The number of nitrogens with one attached hydrogen (secondary N) is 1. The number of carbonyl (C=O) groups excluding carboxylic acids is 2. The average Bonchev–Trinajstić information content (AvgIpc) is 3.55. The van der Waals surface area contributed by atoms with E-state index in [-0.39, 0.29) is 24.0 Å². The zero-order valence-electron chi connectivity index (χ0n) is 16.6. The van der Waals surface area contributed by atoms with E-state index >= 15 is 0 Å². The van der Waals surface area contributed by atoms with Crippen LogP contribution < -0.4 is 5.32 Å². The summed E-state index contributed by atoms with van der Waals surface area (Å²) in [6, 6.07) is 5.47. The molecule has 0 spiro atoms. The molecule has 1 saturated carbocycles. The molecule has 3 rings (SSSR count). The summed E-state index contributed by atoms with van der Waals surface area (Å²) >= 11 is 0. The van der Waals surface area contributed by atoms with Gasteiger partial charge in [0, 0.05) is 23.0 Å². The molecule has 1 atom stereocenters. The first-order valence-corrected chi connectivity index (χ1v) is 11.4. The van der Waals surface area contributed by atoms with Gasteiger partial charge in [0.1, 0.15) is 6.04 Å². The van der Waals surface area contributed by atoms with E-state index in [9.17, 15) is 18.0 Å². The number of aliphatic hydroxyl groups is 1. The lowest BCUT2D eigenvalue weighted by molar-refractivity contribution is -0.146. The Bertz CT molecular complexity index is 1040. The molecule has 30 heavy (non-hydrogen) atoms. The minimum absolute atomic E-state index is 0.0149. The highest BCUT2D eigenvalue weighted by atomic mass is 32.2. The second-order valence-electron chi connectivity index (χ2n) is 7.57. The molecule has 8 heteroatoms. The Morgan fingerprint density at radius 2 is 1.90 bits per heavy atom. The maximum absolute atomic E-state index is 12.8. The van der Waals surface area contributed by atoms with E-state index in [2.05, 4.69) is 29.0 Å². The summed E-state index contributed by atoms with van der Waals surface area (Å²) in [7, 11) is -1.97. The zero-order valence-corrected chi connectivity index (χ0v) is 17.4. The van der Waals surface area contributed by atoms with Crippen molar-refractivity contribution in [2.75, 3.05) is 25.2 Å². The number of carbonyl (C=O) groups is 2. The largest absolute Gasteiger partial charge is 0.467 e. The molecular weight excluding hydrogens is 406 g/mol. The fraction of sp³-hybridized carbons (Fsp3) is 0.455. The molecule has 1 amide bonds. The van der Waals surface area contributed by atoms with Gasteiger partial charge in [-0.05, 0) is 54.9 Å². The Balaban J connectivity index is 1.74. The fourth-order valence-electron chi connectivity index (χ4n) is 3.81. The van der Waals surface area contributed by atoms with Crippen LogP contribution in [0.1, 0.15) is 35.2 Å². The lowest BCUT2D eigenvalue weighted by Crippen LogP contribution is -2.65. The molecular formula is C22H23NO6S. The van der Waals surface area contributed by atoms with E-state index < -0.39 is 33.2 Å². The highest BCUT2D eigenvalue weighted by Crippen LogP contribution is 2.54. The molecule has 1 aromatic carbocycles. The number of amides is 1. The summed E-state index contributed by atoms with van der Waals surface area (Å²) in [5.74, 6) is 9.57. The van der Waals surface area contributed by atoms with Gasteiger partial charge in [0.15, 0.2) is 9.84 Å². The van der Waals surface area contributed by atoms with Crippen LogP contribution in [0.5, 0.6) is 0 Å². The number of hydrogen-bond donors (Lipinski definition) is 2. The Hall–Kier alpha value is -2.81. The first kappa shape index (κ1) is 21.9. The van der Waals surface area contributed by atoms with Gasteiger partial charge in [-0.2, -0.15) is 0 Å². The Morgan fingerprint density at radius 3 is 2.43 bits per heavy atom. The molecule has 0 radical (unpaired) electrons. The second-order valence-corrected chi connectivity index (χ2v) is 9.64. The average molecular weight is 429 g/mol. The van der Waals surface area contributed by atoms with Crippen molar-refractivity contribution in [2.24, 2.45) is 11.3 Å². The van der Waals surface area contributed by atoms with Crippen molar-refractivity contribution in [3.8, 4) is 23.7 Å². The summed E-state index contributed by atoms with van der Waals surface area (Å²) in [6.45, 7) is -0.0149. The summed E-state index contributed by atoms with van der Waals surface area (Å²) in [5, 5.41) is 11.4. The van der Waals surface area contributed by atoms with Crippen molar-refractivity contribution >= 4 is 21.7 Å². The van der Waals surface area contributed by atoms with Crippen LogP contribution in [0.3, 0.4) is 0 Å². The Morgan fingerprint density at radius 1 is 1.23 bits per heavy atom. The molecule has 1 aliphatic carbocycles. The van der Waals surface area contributed by atoms with Crippen molar-refractivity contribution < 1.29 is 27.9 Å². The number of methoxy groups -OCH3 is 1. The maximum Gasteiger partial charge on any atom is 0.329 e.